The minimum absolute atomic E-state index is 0.719. The predicted octanol–water partition coefficient (Wildman–Crippen LogP) is 4.19. The molecule has 0 aliphatic rings. The normalized spacial score (nSPS) is 12.3. The minimum Gasteiger partial charge on any atom is -0.254 e. The molecular weight excluding hydrogens is 308 g/mol. The Morgan fingerprint density at radius 2 is 1.61 bits per heavy atom. The molecule has 0 aliphatic carbocycles. The van der Waals surface area contributed by atoms with Gasteiger partial charge in [-0.1, -0.05) is 46.3 Å². The van der Waals surface area contributed by atoms with E-state index in [1.807, 2.05) is 42.5 Å². The van der Waals surface area contributed by atoms with E-state index in [4.69, 9.17) is 0 Å². The fourth-order valence-electron chi connectivity index (χ4n) is 1.76. The molecule has 3 heteroatoms. The standard InChI is InChI=1S/C15H15BrOS/c16-14-8-10-15(11-9-14)18(17)12-4-7-13-5-2-1-3-6-13/h1-3,5-6,8-11H,4,7,12H2. The van der Waals surface area contributed by atoms with Gasteiger partial charge in [0.25, 0.3) is 0 Å². The summed E-state index contributed by atoms with van der Waals surface area (Å²) in [5, 5.41) is 0. The maximum atomic E-state index is 12.0. The molecule has 2 rings (SSSR count). The molecule has 0 aliphatic heterocycles. The van der Waals surface area contributed by atoms with Crippen molar-refractivity contribution in [2.24, 2.45) is 0 Å². The number of halogens is 1. The van der Waals surface area contributed by atoms with Crippen LogP contribution in [-0.2, 0) is 17.2 Å². The molecule has 0 saturated heterocycles. The third-order valence-corrected chi connectivity index (χ3v) is 4.70. The van der Waals surface area contributed by atoms with Gasteiger partial charge < -0.3 is 0 Å². The molecule has 2 aromatic rings. The van der Waals surface area contributed by atoms with Crippen molar-refractivity contribution in [2.75, 3.05) is 5.75 Å². The summed E-state index contributed by atoms with van der Waals surface area (Å²) in [5.41, 5.74) is 1.31. The Balaban J connectivity index is 1.84. The Morgan fingerprint density at radius 3 is 2.28 bits per heavy atom. The highest BCUT2D eigenvalue weighted by Crippen LogP contribution is 2.14. The summed E-state index contributed by atoms with van der Waals surface area (Å²) in [5.74, 6) is 0.719. The number of aryl methyl sites for hydroxylation is 1. The van der Waals surface area contributed by atoms with Gasteiger partial charge in [-0.25, -0.2) is 0 Å². The van der Waals surface area contributed by atoms with E-state index in [1.54, 1.807) is 0 Å². The first-order chi connectivity index (χ1) is 8.75. The molecule has 2 aromatic carbocycles. The van der Waals surface area contributed by atoms with Gasteiger partial charge in [-0.15, -0.1) is 0 Å². The maximum absolute atomic E-state index is 12.0. The van der Waals surface area contributed by atoms with Gasteiger partial charge in [0.1, 0.15) is 0 Å². The second-order valence-electron chi connectivity index (χ2n) is 4.09. The van der Waals surface area contributed by atoms with Crippen LogP contribution in [-0.4, -0.2) is 9.96 Å². The molecule has 0 bridgehead atoms. The Morgan fingerprint density at radius 1 is 0.944 bits per heavy atom. The smallest absolute Gasteiger partial charge is 0.0529 e. The second kappa shape index (κ2) is 6.86. The summed E-state index contributed by atoms with van der Waals surface area (Å²) in [7, 11) is -0.886. The lowest BCUT2D eigenvalue weighted by atomic mass is 10.1. The van der Waals surface area contributed by atoms with Gasteiger partial charge in [0, 0.05) is 15.1 Å². The molecule has 0 spiro atoms. The monoisotopic (exact) mass is 322 g/mol. The molecule has 0 aromatic heterocycles. The van der Waals surface area contributed by atoms with Crippen LogP contribution < -0.4 is 0 Å². The first kappa shape index (κ1) is 13.5. The molecule has 0 radical (unpaired) electrons. The SMILES string of the molecule is O=S(CCCc1ccccc1)c1ccc(Br)cc1. The van der Waals surface area contributed by atoms with Crippen molar-refractivity contribution in [2.45, 2.75) is 17.7 Å². The van der Waals surface area contributed by atoms with Crippen molar-refractivity contribution >= 4 is 26.7 Å². The summed E-state index contributed by atoms with van der Waals surface area (Å²) in [4.78, 5) is 0.909. The lowest BCUT2D eigenvalue weighted by Gasteiger charge is -2.03. The molecule has 0 N–H and O–H groups in total. The Labute approximate surface area is 119 Å². The number of rotatable bonds is 5. The summed E-state index contributed by atoms with van der Waals surface area (Å²) in [6.07, 6.45) is 1.94. The van der Waals surface area contributed by atoms with Crippen molar-refractivity contribution in [3.63, 3.8) is 0 Å². The van der Waals surface area contributed by atoms with E-state index in [0.717, 1.165) is 28.0 Å². The van der Waals surface area contributed by atoms with Gasteiger partial charge in [-0.05, 0) is 42.7 Å². The van der Waals surface area contributed by atoms with Crippen molar-refractivity contribution in [1.29, 1.82) is 0 Å². The van der Waals surface area contributed by atoms with E-state index in [9.17, 15) is 4.21 Å². The molecule has 0 fully saturated rings. The van der Waals surface area contributed by atoms with E-state index in [-0.39, 0.29) is 0 Å². The molecule has 0 amide bonds. The van der Waals surface area contributed by atoms with Crippen LogP contribution >= 0.6 is 15.9 Å². The van der Waals surface area contributed by atoms with Crippen molar-refractivity contribution in [1.82, 2.24) is 0 Å². The van der Waals surface area contributed by atoms with Gasteiger partial charge >= 0.3 is 0 Å². The van der Waals surface area contributed by atoms with Gasteiger partial charge in [0.2, 0.25) is 0 Å². The summed E-state index contributed by atoms with van der Waals surface area (Å²) < 4.78 is 13.1. The van der Waals surface area contributed by atoms with Crippen LogP contribution in [0.2, 0.25) is 0 Å². The van der Waals surface area contributed by atoms with Crippen LogP contribution in [0.1, 0.15) is 12.0 Å². The van der Waals surface area contributed by atoms with Crippen molar-refractivity contribution in [3.8, 4) is 0 Å². The zero-order chi connectivity index (χ0) is 12.8. The zero-order valence-electron chi connectivity index (χ0n) is 10.0. The van der Waals surface area contributed by atoms with E-state index >= 15 is 0 Å². The molecule has 1 nitrogen and oxygen atoms in total. The fraction of sp³-hybridized carbons (Fsp3) is 0.200. The lowest BCUT2D eigenvalue weighted by Crippen LogP contribution is -1.99. The van der Waals surface area contributed by atoms with E-state index in [2.05, 4.69) is 28.1 Å². The third-order valence-electron chi connectivity index (χ3n) is 2.71. The second-order valence-corrected chi connectivity index (χ2v) is 6.58. The molecular formula is C15H15BrOS. The largest absolute Gasteiger partial charge is 0.254 e. The lowest BCUT2D eigenvalue weighted by molar-refractivity contribution is 0.680. The average Bonchev–Trinajstić information content (AvgIpc) is 2.40. The highest BCUT2D eigenvalue weighted by molar-refractivity contribution is 9.10. The maximum Gasteiger partial charge on any atom is 0.0529 e. The van der Waals surface area contributed by atoms with Crippen LogP contribution in [0, 0.1) is 0 Å². The van der Waals surface area contributed by atoms with Gasteiger partial charge in [-0.2, -0.15) is 0 Å². The number of hydrogen-bond donors (Lipinski definition) is 0. The zero-order valence-corrected chi connectivity index (χ0v) is 12.4. The van der Waals surface area contributed by atoms with Gasteiger partial charge in [-0.3, -0.25) is 4.21 Å². The van der Waals surface area contributed by atoms with Crippen molar-refractivity contribution < 1.29 is 4.21 Å². The summed E-state index contributed by atoms with van der Waals surface area (Å²) >= 11 is 3.38. The first-order valence-electron chi connectivity index (χ1n) is 5.93. The molecule has 1 unspecified atom stereocenters. The molecule has 0 saturated carbocycles. The van der Waals surface area contributed by atoms with E-state index < -0.39 is 10.8 Å². The molecule has 1 atom stereocenters. The Bertz CT molecular complexity index is 508. The fourth-order valence-corrected chi connectivity index (χ4v) is 3.10. The number of hydrogen-bond acceptors (Lipinski definition) is 1. The first-order valence-corrected chi connectivity index (χ1v) is 8.05. The van der Waals surface area contributed by atoms with Crippen molar-refractivity contribution in [3.05, 3.63) is 64.6 Å². The van der Waals surface area contributed by atoms with Gasteiger partial charge in [0.15, 0.2) is 0 Å². The highest BCUT2D eigenvalue weighted by Gasteiger charge is 2.03. The van der Waals surface area contributed by atoms with Crippen LogP contribution in [0.5, 0.6) is 0 Å². The molecule has 94 valence electrons. The summed E-state index contributed by atoms with van der Waals surface area (Å²) in [6, 6.07) is 18.0. The number of benzene rings is 2. The average molecular weight is 323 g/mol. The van der Waals surface area contributed by atoms with Crippen LogP contribution in [0.25, 0.3) is 0 Å². The highest BCUT2D eigenvalue weighted by atomic mass is 79.9. The topological polar surface area (TPSA) is 17.1 Å². The Hall–Kier alpha value is -0.930. The third kappa shape index (κ3) is 4.07. The van der Waals surface area contributed by atoms with E-state index in [1.165, 1.54) is 5.56 Å². The molecule has 18 heavy (non-hydrogen) atoms. The molecule has 0 heterocycles. The van der Waals surface area contributed by atoms with Gasteiger partial charge in [0.05, 0.1) is 10.8 Å². The van der Waals surface area contributed by atoms with Crippen LogP contribution in [0.4, 0.5) is 0 Å². The predicted molar refractivity (Wildman–Crippen MR) is 80.2 cm³/mol. The minimum atomic E-state index is -0.886. The van der Waals surface area contributed by atoms with Crippen LogP contribution in [0.15, 0.2) is 64.0 Å². The quantitative estimate of drug-likeness (QED) is 0.806. The Kier molecular flexibility index (Phi) is 5.14. The van der Waals surface area contributed by atoms with E-state index in [0.29, 0.717) is 0 Å². The summed E-state index contributed by atoms with van der Waals surface area (Å²) in [6.45, 7) is 0. The van der Waals surface area contributed by atoms with Crippen LogP contribution in [0.3, 0.4) is 0 Å².